The van der Waals surface area contributed by atoms with Gasteiger partial charge in [-0.25, -0.2) is 0 Å². The third-order valence-corrected chi connectivity index (χ3v) is 4.93. The molecule has 1 aliphatic carbocycles. The van der Waals surface area contributed by atoms with Gasteiger partial charge in [0.25, 0.3) is 0 Å². The fourth-order valence-electron chi connectivity index (χ4n) is 2.93. The molecule has 0 radical (unpaired) electrons. The van der Waals surface area contributed by atoms with Crippen LogP contribution in [0.2, 0.25) is 5.02 Å². The highest BCUT2D eigenvalue weighted by Crippen LogP contribution is 2.27. The largest absolute Gasteiger partial charge is 0.368 e. The van der Waals surface area contributed by atoms with Gasteiger partial charge < -0.3 is 20.4 Å². The summed E-state index contributed by atoms with van der Waals surface area (Å²) in [6.45, 7) is 4.15. The van der Waals surface area contributed by atoms with E-state index in [0.29, 0.717) is 13.1 Å². The van der Waals surface area contributed by atoms with Crippen molar-refractivity contribution in [2.75, 3.05) is 50.7 Å². The number of hydrogen-bond acceptors (Lipinski definition) is 4. The molecule has 6 nitrogen and oxygen atoms in total. The Morgan fingerprint density at radius 3 is 2.22 bits per heavy atom. The summed E-state index contributed by atoms with van der Waals surface area (Å²) in [7, 11) is 0. The number of carbonyl (C=O) groups excluding carboxylic acids is 2. The number of piperazine rings is 1. The minimum Gasteiger partial charge on any atom is -0.368 e. The lowest BCUT2D eigenvalue weighted by Crippen LogP contribution is -2.51. The van der Waals surface area contributed by atoms with E-state index in [1.165, 1.54) is 12.8 Å². The van der Waals surface area contributed by atoms with E-state index in [2.05, 4.69) is 15.5 Å². The molecular weight excluding hydrogens is 411 g/mol. The molecule has 1 saturated carbocycles. The van der Waals surface area contributed by atoms with Crippen LogP contribution in [0.25, 0.3) is 0 Å². The second-order valence-electron chi connectivity index (χ2n) is 6.70. The van der Waals surface area contributed by atoms with Crippen LogP contribution in [0.15, 0.2) is 24.3 Å². The molecule has 2 fully saturated rings. The second-order valence-corrected chi connectivity index (χ2v) is 7.13. The molecule has 2 amide bonds. The summed E-state index contributed by atoms with van der Waals surface area (Å²) >= 11 is 5.92. The molecule has 9 heteroatoms. The first kappa shape index (κ1) is 23.8. The summed E-state index contributed by atoms with van der Waals surface area (Å²) in [4.78, 5) is 28.0. The Balaban J connectivity index is 0.00000182. The van der Waals surface area contributed by atoms with Gasteiger partial charge in [-0.3, -0.25) is 9.59 Å². The first-order valence-electron chi connectivity index (χ1n) is 8.87. The highest BCUT2D eigenvalue weighted by molar-refractivity contribution is 6.30. The minimum absolute atomic E-state index is 0. The number of halogens is 3. The number of benzene rings is 1. The molecule has 3 rings (SSSR count). The minimum atomic E-state index is -0.117. The van der Waals surface area contributed by atoms with Gasteiger partial charge in [-0.2, -0.15) is 0 Å². The third-order valence-electron chi connectivity index (χ3n) is 4.68. The van der Waals surface area contributed by atoms with Crippen molar-refractivity contribution < 1.29 is 9.59 Å². The Hall–Kier alpha value is -1.21. The van der Waals surface area contributed by atoms with Gasteiger partial charge in [0, 0.05) is 36.9 Å². The Bertz CT molecular complexity index is 603. The van der Waals surface area contributed by atoms with Crippen LogP contribution in [0.5, 0.6) is 0 Å². The van der Waals surface area contributed by atoms with Crippen molar-refractivity contribution in [2.45, 2.75) is 12.8 Å². The van der Waals surface area contributed by atoms with Gasteiger partial charge in [-0.1, -0.05) is 11.6 Å². The molecule has 2 N–H and O–H groups in total. The molecule has 0 bridgehead atoms. The first-order valence-corrected chi connectivity index (χ1v) is 9.25. The van der Waals surface area contributed by atoms with Crippen LogP contribution >= 0.6 is 36.4 Å². The molecule has 1 aliphatic heterocycles. The molecule has 0 spiro atoms. The number of hydrogen-bond donors (Lipinski definition) is 2. The first-order chi connectivity index (χ1) is 12.1. The molecule has 0 atom stereocenters. The summed E-state index contributed by atoms with van der Waals surface area (Å²) in [5.41, 5.74) is 1.12. The summed E-state index contributed by atoms with van der Waals surface area (Å²) in [5, 5.41) is 6.55. The lowest BCUT2D eigenvalue weighted by atomic mass is 10.2. The van der Waals surface area contributed by atoms with Crippen LogP contribution in [-0.4, -0.2) is 62.5 Å². The Kier molecular flexibility index (Phi) is 10.2. The topological polar surface area (TPSA) is 64.7 Å². The summed E-state index contributed by atoms with van der Waals surface area (Å²) in [6.07, 6.45) is 2.52. The number of rotatable bonds is 7. The zero-order valence-corrected chi connectivity index (χ0v) is 17.5. The zero-order valence-electron chi connectivity index (χ0n) is 15.2. The maximum atomic E-state index is 12.2. The number of anilines is 1. The highest BCUT2D eigenvalue weighted by Gasteiger charge is 2.22. The highest BCUT2D eigenvalue weighted by atomic mass is 35.5. The van der Waals surface area contributed by atoms with Gasteiger partial charge in [-0.15, -0.1) is 24.8 Å². The van der Waals surface area contributed by atoms with Crippen LogP contribution < -0.4 is 15.5 Å². The SMILES string of the molecule is Cl.Cl.O=C(CNCC1CC1)NCC(=O)N1CCN(c2ccc(Cl)cc2)CC1. The van der Waals surface area contributed by atoms with E-state index in [1.54, 1.807) is 0 Å². The summed E-state index contributed by atoms with van der Waals surface area (Å²) in [5.74, 6) is 0.603. The maximum Gasteiger partial charge on any atom is 0.242 e. The molecule has 0 unspecified atom stereocenters. The van der Waals surface area contributed by atoms with Gasteiger partial charge in [-0.05, 0) is 49.6 Å². The van der Waals surface area contributed by atoms with Crippen molar-refractivity contribution in [1.29, 1.82) is 0 Å². The molecule has 1 aromatic carbocycles. The van der Waals surface area contributed by atoms with E-state index in [-0.39, 0.29) is 49.7 Å². The average Bonchev–Trinajstić information content (AvgIpc) is 3.45. The molecule has 1 aromatic rings. The zero-order chi connectivity index (χ0) is 17.6. The molecule has 27 heavy (non-hydrogen) atoms. The van der Waals surface area contributed by atoms with Crippen LogP contribution in [0.4, 0.5) is 5.69 Å². The predicted octanol–water partition coefficient (Wildman–Crippen LogP) is 1.95. The van der Waals surface area contributed by atoms with Gasteiger partial charge in [0.2, 0.25) is 11.8 Å². The van der Waals surface area contributed by atoms with Gasteiger partial charge in [0.15, 0.2) is 0 Å². The van der Waals surface area contributed by atoms with Crippen LogP contribution in [-0.2, 0) is 9.59 Å². The second kappa shape index (κ2) is 11.6. The Morgan fingerprint density at radius 1 is 1.00 bits per heavy atom. The van der Waals surface area contributed by atoms with Crippen molar-refractivity contribution in [2.24, 2.45) is 5.92 Å². The Labute approximate surface area is 177 Å². The van der Waals surface area contributed by atoms with Crippen molar-refractivity contribution in [3.63, 3.8) is 0 Å². The van der Waals surface area contributed by atoms with E-state index in [9.17, 15) is 9.59 Å². The van der Waals surface area contributed by atoms with Crippen molar-refractivity contribution in [3.8, 4) is 0 Å². The van der Waals surface area contributed by atoms with E-state index < -0.39 is 0 Å². The fraction of sp³-hybridized carbons (Fsp3) is 0.556. The van der Waals surface area contributed by atoms with E-state index >= 15 is 0 Å². The third kappa shape index (κ3) is 7.74. The Morgan fingerprint density at radius 2 is 1.63 bits per heavy atom. The van der Waals surface area contributed by atoms with Gasteiger partial charge in [0.1, 0.15) is 0 Å². The van der Waals surface area contributed by atoms with E-state index in [1.807, 2.05) is 29.2 Å². The quantitative estimate of drug-likeness (QED) is 0.684. The molecule has 2 aliphatic rings. The predicted molar refractivity (Wildman–Crippen MR) is 113 cm³/mol. The summed E-state index contributed by atoms with van der Waals surface area (Å²) < 4.78 is 0. The fourth-order valence-corrected chi connectivity index (χ4v) is 3.05. The van der Waals surface area contributed by atoms with E-state index in [0.717, 1.165) is 36.3 Å². The van der Waals surface area contributed by atoms with Crippen molar-refractivity contribution >= 4 is 53.9 Å². The lowest BCUT2D eigenvalue weighted by molar-refractivity contribution is -0.132. The maximum absolute atomic E-state index is 12.2. The molecule has 152 valence electrons. The standard InChI is InChI=1S/C18H25ClN4O2.2ClH/c19-15-3-5-16(6-4-15)22-7-9-23(10-8-22)18(25)13-21-17(24)12-20-11-14-1-2-14;;/h3-6,14,20H,1-2,7-13H2,(H,21,24);2*1H. The van der Waals surface area contributed by atoms with E-state index in [4.69, 9.17) is 11.6 Å². The molecule has 0 aromatic heterocycles. The van der Waals surface area contributed by atoms with Crippen molar-refractivity contribution in [1.82, 2.24) is 15.5 Å². The monoisotopic (exact) mass is 436 g/mol. The number of carbonyl (C=O) groups is 2. The van der Waals surface area contributed by atoms with Gasteiger partial charge >= 0.3 is 0 Å². The normalized spacial score (nSPS) is 16.2. The summed E-state index contributed by atoms with van der Waals surface area (Å²) in [6, 6.07) is 7.74. The van der Waals surface area contributed by atoms with Gasteiger partial charge in [0.05, 0.1) is 13.1 Å². The van der Waals surface area contributed by atoms with Crippen LogP contribution in [0.1, 0.15) is 12.8 Å². The lowest BCUT2D eigenvalue weighted by Gasteiger charge is -2.36. The molecular formula is C18H27Cl3N4O2. The number of nitrogens with one attached hydrogen (secondary N) is 2. The average molecular weight is 438 g/mol. The molecule has 1 saturated heterocycles. The van der Waals surface area contributed by atoms with Crippen LogP contribution in [0.3, 0.4) is 0 Å². The number of amides is 2. The molecule has 1 heterocycles. The van der Waals surface area contributed by atoms with Crippen LogP contribution in [0, 0.1) is 5.92 Å². The number of nitrogens with zero attached hydrogens (tertiary/aromatic N) is 2. The smallest absolute Gasteiger partial charge is 0.242 e. The van der Waals surface area contributed by atoms with Crippen molar-refractivity contribution in [3.05, 3.63) is 29.3 Å².